The highest BCUT2D eigenvalue weighted by atomic mass is 16.1. The van der Waals surface area contributed by atoms with Gasteiger partial charge in [0.1, 0.15) is 17.5 Å². The SMILES string of the molecule is CCc1nc(NC)c(C)c(NCCC(=O)NC)n1. The zero-order valence-electron chi connectivity index (χ0n) is 11.4. The van der Waals surface area contributed by atoms with Crippen LogP contribution in [0.1, 0.15) is 24.7 Å². The van der Waals surface area contributed by atoms with Gasteiger partial charge in [-0.2, -0.15) is 0 Å². The molecule has 100 valence electrons. The Morgan fingerprint density at radius 2 is 1.89 bits per heavy atom. The molecule has 0 aromatic carbocycles. The first-order valence-corrected chi connectivity index (χ1v) is 6.12. The molecule has 1 aromatic rings. The van der Waals surface area contributed by atoms with E-state index >= 15 is 0 Å². The Kier molecular flexibility index (Phi) is 5.35. The number of amides is 1. The number of aromatic nitrogens is 2. The van der Waals surface area contributed by atoms with Crippen LogP contribution in [-0.2, 0) is 11.2 Å². The molecule has 3 N–H and O–H groups in total. The van der Waals surface area contributed by atoms with E-state index < -0.39 is 0 Å². The van der Waals surface area contributed by atoms with E-state index in [1.807, 2.05) is 20.9 Å². The van der Waals surface area contributed by atoms with Crippen LogP contribution in [0.15, 0.2) is 0 Å². The monoisotopic (exact) mass is 251 g/mol. The van der Waals surface area contributed by atoms with E-state index in [-0.39, 0.29) is 5.91 Å². The molecule has 0 saturated carbocycles. The van der Waals surface area contributed by atoms with Crippen molar-refractivity contribution in [2.24, 2.45) is 0 Å². The van der Waals surface area contributed by atoms with E-state index in [2.05, 4.69) is 25.9 Å². The summed E-state index contributed by atoms with van der Waals surface area (Å²) in [6.07, 6.45) is 1.20. The number of nitrogens with one attached hydrogen (secondary N) is 3. The van der Waals surface area contributed by atoms with Gasteiger partial charge >= 0.3 is 0 Å². The molecule has 6 heteroatoms. The van der Waals surface area contributed by atoms with Gasteiger partial charge in [0.25, 0.3) is 0 Å². The molecule has 0 aliphatic carbocycles. The molecular formula is C12H21N5O. The molecule has 1 rings (SSSR count). The molecule has 0 aliphatic heterocycles. The van der Waals surface area contributed by atoms with Crippen molar-refractivity contribution in [3.63, 3.8) is 0 Å². The lowest BCUT2D eigenvalue weighted by atomic mass is 10.2. The average Bonchev–Trinajstić information content (AvgIpc) is 2.40. The fourth-order valence-corrected chi connectivity index (χ4v) is 1.56. The standard InChI is InChI=1S/C12H21N5O/c1-5-9-16-11(14-4)8(2)12(17-9)15-7-6-10(18)13-3/h5-7H2,1-4H3,(H,13,18)(H2,14,15,16,17). The molecule has 1 aromatic heterocycles. The Balaban J connectivity index is 2.77. The Morgan fingerprint density at radius 3 is 2.44 bits per heavy atom. The molecule has 0 saturated heterocycles. The number of carbonyl (C=O) groups excluding carboxylic acids is 1. The molecule has 0 unspecified atom stereocenters. The van der Waals surface area contributed by atoms with Crippen LogP contribution < -0.4 is 16.0 Å². The summed E-state index contributed by atoms with van der Waals surface area (Å²) in [5.41, 5.74) is 0.964. The van der Waals surface area contributed by atoms with Gasteiger partial charge in [-0.1, -0.05) is 6.92 Å². The minimum atomic E-state index is 0.0127. The van der Waals surface area contributed by atoms with Gasteiger partial charge in [0.2, 0.25) is 5.91 Å². The van der Waals surface area contributed by atoms with Crippen molar-refractivity contribution in [3.8, 4) is 0 Å². The summed E-state index contributed by atoms with van der Waals surface area (Å²) in [4.78, 5) is 20.0. The first kappa shape index (κ1) is 14.2. The van der Waals surface area contributed by atoms with Crippen molar-refractivity contribution in [3.05, 3.63) is 11.4 Å². The summed E-state index contributed by atoms with van der Waals surface area (Å²) in [6.45, 7) is 4.52. The van der Waals surface area contributed by atoms with Crippen LogP contribution in [0, 0.1) is 6.92 Å². The van der Waals surface area contributed by atoms with Gasteiger partial charge in [-0.25, -0.2) is 9.97 Å². The summed E-state index contributed by atoms with van der Waals surface area (Å²) in [5.74, 6) is 2.41. The second-order valence-electron chi connectivity index (χ2n) is 3.92. The first-order chi connectivity index (χ1) is 8.62. The Bertz CT molecular complexity index is 419. The van der Waals surface area contributed by atoms with Crippen molar-refractivity contribution in [1.29, 1.82) is 0 Å². The summed E-state index contributed by atoms with van der Waals surface area (Å²) < 4.78 is 0. The average molecular weight is 251 g/mol. The molecule has 0 radical (unpaired) electrons. The van der Waals surface area contributed by atoms with Crippen LogP contribution in [-0.4, -0.2) is 36.5 Å². The zero-order chi connectivity index (χ0) is 13.5. The molecule has 6 nitrogen and oxygen atoms in total. The van der Waals surface area contributed by atoms with Crippen molar-refractivity contribution in [1.82, 2.24) is 15.3 Å². The lowest BCUT2D eigenvalue weighted by Gasteiger charge is -2.13. The molecule has 1 heterocycles. The minimum absolute atomic E-state index is 0.0127. The van der Waals surface area contributed by atoms with E-state index in [0.29, 0.717) is 13.0 Å². The van der Waals surface area contributed by atoms with Crippen LogP contribution in [0.5, 0.6) is 0 Å². The summed E-state index contributed by atoms with van der Waals surface area (Å²) in [7, 11) is 3.47. The van der Waals surface area contributed by atoms with Gasteiger partial charge in [-0.3, -0.25) is 4.79 Å². The predicted octanol–water partition coefficient (Wildman–Crippen LogP) is 0.937. The van der Waals surface area contributed by atoms with Crippen LogP contribution in [0.2, 0.25) is 0 Å². The second-order valence-corrected chi connectivity index (χ2v) is 3.92. The van der Waals surface area contributed by atoms with Crippen molar-refractivity contribution in [2.75, 3.05) is 31.3 Å². The van der Waals surface area contributed by atoms with E-state index in [1.165, 1.54) is 0 Å². The van der Waals surface area contributed by atoms with Gasteiger partial charge in [0.15, 0.2) is 0 Å². The molecule has 0 atom stereocenters. The third-order valence-corrected chi connectivity index (χ3v) is 2.67. The fraction of sp³-hybridized carbons (Fsp3) is 0.583. The second kappa shape index (κ2) is 6.78. The lowest BCUT2D eigenvalue weighted by Crippen LogP contribution is -2.21. The van der Waals surface area contributed by atoms with Gasteiger partial charge in [-0.05, 0) is 6.92 Å². The van der Waals surface area contributed by atoms with E-state index in [9.17, 15) is 4.79 Å². The molecule has 0 aliphatic rings. The normalized spacial score (nSPS) is 10.0. The van der Waals surface area contributed by atoms with Gasteiger partial charge in [0, 0.05) is 39.0 Å². The topological polar surface area (TPSA) is 78.9 Å². The molecule has 18 heavy (non-hydrogen) atoms. The van der Waals surface area contributed by atoms with Crippen molar-refractivity contribution >= 4 is 17.5 Å². The van der Waals surface area contributed by atoms with Gasteiger partial charge in [-0.15, -0.1) is 0 Å². The number of hydrogen-bond acceptors (Lipinski definition) is 5. The maximum absolute atomic E-state index is 11.1. The number of carbonyl (C=O) groups is 1. The van der Waals surface area contributed by atoms with Crippen LogP contribution >= 0.6 is 0 Å². The number of anilines is 2. The maximum atomic E-state index is 11.1. The van der Waals surface area contributed by atoms with Gasteiger partial charge < -0.3 is 16.0 Å². The number of hydrogen-bond donors (Lipinski definition) is 3. The number of nitrogens with zero attached hydrogens (tertiary/aromatic N) is 2. The first-order valence-electron chi connectivity index (χ1n) is 6.12. The highest BCUT2D eigenvalue weighted by molar-refractivity contribution is 5.76. The third-order valence-electron chi connectivity index (χ3n) is 2.67. The van der Waals surface area contributed by atoms with E-state index in [4.69, 9.17) is 0 Å². The predicted molar refractivity (Wildman–Crippen MR) is 72.9 cm³/mol. The van der Waals surface area contributed by atoms with Crippen molar-refractivity contribution in [2.45, 2.75) is 26.7 Å². The highest BCUT2D eigenvalue weighted by Gasteiger charge is 2.09. The molecule has 1 amide bonds. The minimum Gasteiger partial charge on any atom is -0.373 e. The summed E-state index contributed by atoms with van der Waals surface area (Å²) in [5, 5.41) is 8.81. The fourth-order valence-electron chi connectivity index (χ4n) is 1.56. The zero-order valence-corrected chi connectivity index (χ0v) is 11.4. The third kappa shape index (κ3) is 3.58. The van der Waals surface area contributed by atoms with Crippen molar-refractivity contribution < 1.29 is 4.79 Å². The van der Waals surface area contributed by atoms with Crippen LogP contribution in [0.25, 0.3) is 0 Å². The van der Waals surface area contributed by atoms with E-state index in [0.717, 1.165) is 29.4 Å². The highest BCUT2D eigenvalue weighted by Crippen LogP contribution is 2.19. The summed E-state index contributed by atoms with van der Waals surface area (Å²) >= 11 is 0. The smallest absolute Gasteiger partial charge is 0.221 e. The quantitative estimate of drug-likeness (QED) is 0.701. The van der Waals surface area contributed by atoms with Crippen LogP contribution in [0.4, 0.5) is 11.6 Å². The Morgan fingerprint density at radius 1 is 1.22 bits per heavy atom. The Hall–Kier alpha value is -1.85. The molecule has 0 bridgehead atoms. The Labute approximate surface area is 108 Å². The van der Waals surface area contributed by atoms with Crippen LogP contribution in [0.3, 0.4) is 0 Å². The number of rotatable bonds is 6. The molecule has 0 fully saturated rings. The molecule has 0 spiro atoms. The molecular weight excluding hydrogens is 230 g/mol. The largest absolute Gasteiger partial charge is 0.373 e. The van der Waals surface area contributed by atoms with E-state index in [1.54, 1.807) is 7.05 Å². The summed E-state index contributed by atoms with van der Waals surface area (Å²) in [6, 6.07) is 0. The number of aryl methyl sites for hydroxylation is 1. The maximum Gasteiger partial charge on any atom is 0.221 e. The van der Waals surface area contributed by atoms with Gasteiger partial charge in [0.05, 0.1) is 0 Å². The lowest BCUT2D eigenvalue weighted by molar-refractivity contribution is -0.120.